The number of likely N-dealkylation sites (tertiary alicyclic amines) is 1. The summed E-state index contributed by atoms with van der Waals surface area (Å²) in [5.41, 5.74) is 4.05. The second kappa shape index (κ2) is 9.41. The van der Waals surface area contributed by atoms with Crippen molar-refractivity contribution < 1.29 is 19.4 Å². The molecule has 0 radical (unpaired) electrons. The molecule has 1 atom stereocenters. The van der Waals surface area contributed by atoms with E-state index in [4.69, 9.17) is 4.74 Å². The average molecular weight is 470 g/mol. The molecule has 1 saturated heterocycles. The van der Waals surface area contributed by atoms with Crippen LogP contribution in [0.15, 0.2) is 78.4 Å². The lowest BCUT2D eigenvalue weighted by Gasteiger charge is -2.26. The quantitative estimate of drug-likeness (QED) is 0.286. The number of methoxy groups -OCH3 is 1. The van der Waals surface area contributed by atoms with Crippen LogP contribution in [-0.2, 0) is 21.5 Å². The van der Waals surface area contributed by atoms with E-state index in [0.29, 0.717) is 11.3 Å². The first kappa shape index (κ1) is 24.3. The number of nitrogens with zero attached hydrogens (tertiary/aromatic N) is 1. The molecule has 1 aliphatic heterocycles. The Bertz CT molecular complexity index is 1280. The molecule has 35 heavy (non-hydrogen) atoms. The van der Waals surface area contributed by atoms with Crippen LogP contribution in [0.3, 0.4) is 0 Å². The van der Waals surface area contributed by atoms with Crippen molar-refractivity contribution in [1.82, 2.24) is 4.90 Å². The van der Waals surface area contributed by atoms with Crippen LogP contribution in [0.2, 0.25) is 0 Å². The molecule has 0 bridgehead atoms. The maximum Gasteiger partial charge on any atom is 0.295 e. The summed E-state index contributed by atoms with van der Waals surface area (Å²) >= 11 is 0. The number of carbonyl (C=O) groups is 2. The maximum absolute atomic E-state index is 13.4. The fourth-order valence-electron chi connectivity index (χ4n) is 4.44. The number of ketones is 1. The van der Waals surface area contributed by atoms with E-state index in [1.165, 1.54) is 4.90 Å². The van der Waals surface area contributed by atoms with E-state index in [1.54, 1.807) is 7.11 Å². The van der Waals surface area contributed by atoms with Crippen LogP contribution < -0.4 is 4.74 Å². The lowest BCUT2D eigenvalue weighted by Crippen LogP contribution is -2.29. The summed E-state index contributed by atoms with van der Waals surface area (Å²) in [4.78, 5) is 28.2. The third kappa shape index (κ3) is 4.72. The highest BCUT2D eigenvalue weighted by atomic mass is 16.5. The molecule has 0 saturated carbocycles. The van der Waals surface area contributed by atoms with Gasteiger partial charge >= 0.3 is 0 Å². The Hall–Kier alpha value is -3.86. The van der Waals surface area contributed by atoms with E-state index in [0.717, 1.165) is 22.3 Å². The molecule has 5 nitrogen and oxygen atoms in total. The minimum Gasteiger partial charge on any atom is -0.507 e. The van der Waals surface area contributed by atoms with Gasteiger partial charge in [-0.2, -0.15) is 0 Å². The third-order valence-corrected chi connectivity index (χ3v) is 6.53. The van der Waals surface area contributed by atoms with Crippen molar-refractivity contribution in [2.75, 3.05) is 7.11 Å². The molecule has 180 valence electrons. The molecule has 1 unspecified atom stereocenters. The van der Waals surface area contributed by atoms with Crippen molar-refractivity contribution in [2.24, 2.45) is 0 Å². The number of hydrogen-bond acceptors (Lipinski definition) is 4. The first-order valence-corrected chi connectivity index (χ1v) is 11.7. The molecule has 1 aliphatic rings. The van der Waals surface area contributed by atoms with E-state index >= 15 is 0 Å². The summed E-state index contributed by atoms with van der Waals surface area (Å²) < 4.78 is 5.23. The number of amides is 1. The zero-order valence-electron chi connectivity index (χ0n) is 20.8. The minimum atomic E-state index is -0.698. The summed E-state index contributed by atoms with van der Waals surface area (Å²) in [7, 11) is 1.60. The maximum atomic E-state index is 13.4. The van der Waals surface area contributed by atoms with Crippen molar-refractivity contribution in [3.63, 3.8) is 0 Å². The van der Waals surface area contributed by atoms with Crippen LogP contribution in [0.25, 0.3) is 5.76 Å². The Labute approximate surface area is 206 Å². The van der Waals surface area contributed by atoms with Gasteiger partial charge in [0.05, 0.1) is 18.7 Å². The van der Waals surface area contributed by atoms with Gasteiger partial charge in [-0.3, -0.25) is 9.59 Å². The van der Waals surface area contributed by atoms with Gasteiger partial charge in [0.2, 0.25) is 0 Å². The largest absolute Gasteiger partial charge is 0.507 e. The van der Waals surface area contributed by atoms with Gasteiger partial charge in [-0.1, -0.05) is 75.4 Å². The predicted molar refractivity (Wildman–Crippen MR) is 137 cm³/mol. The Morgan fingerprint density at radius 3 is 2.23 bits per heavy atom. The standard InChI is InChI=1S/C30H31NO4/c1-19-11-14-22(30(2,3)4)17-24(19)27(32)25-26(21-9-7-6-8-10-21)31(29(34)28(25)33)18-20-12-15-23(35-5)16-13-20/h6-17,26,32H,18H2,1-5H3/b27-25+. The molecule has 1 amide bonds. The molecule has 1 N–H and O–H groups in total. The first-order valence-electron chi connectivity index (χ1n) is 11.7. The number of Topliss-reactive ketones (excluding diaryl/α,β-unsaturated/α-hetero) is 1. The van der Waals surface area contributed by atoms with E-state index in [2.05, 4.69) is 20.8 Å². The lowest BCUT2D eigenvalue weighted by atomic mass is 9.84. The number of aliphatic hydroxyl groups excluding tert-OH is 1. The molecule has 5 heteroatoms. The summed E-state index contributed by atoms with van der Waals surface area (Å²) in [6.07, 6.45) is 0. The van der Waals surface area contributed by atoms with Gasteiger partial charge in [0.1, 0.15) is 11.5 Å². The van der Waals surface area contributed by atoms with Crippen molar-refractivity contribution in [3.05, 3.63) is 106 Å². The number of aryl methyl sites for hydroxylation is 1. The number of ether oxygens (including phenoxy) is 1. The van der Waals surface area contributed by atoms with Gasteiger partial charge in [0.15, 0.2) is 0 Å². The van der Waals surface area contributed by atoms with Crippen LogP contribution in [-0.4, -0.2) is 28.8 Å². The normalized spacial score (nSPS) is 17.6. The first-order chi connectivity index (χ1) is 16.6. The molecule has 3 aromatic rings. The molecule has 1 fully saturated rings. The molecule has 0 aliphatic carbocycles. The molecule has 1 heterocycles. The highest BCUT2D eigenvalue weighted by Crippen LogP contribution is 2.41. The summed E-state index contributed by atoms with van der Waals surface area (Å²) in [5.74, 6) is -0.728. The number of rotatable bonds is 5. The van der Waals surface area contributed by atoms with E-state index in [9.17, 15) is 14.7 Å². The van der Waals surface area contributed by atoms with Crippen molar-refractivity contribution in [1.29, 1.82) is 0 Å². The Kier molecular flexibility index (Phi) is 6.53. The fraction of sp³-hybridized carbons (Fsp3) is 0.267. The van der Waals surface area contributed by atoms with Gasteiger partial charge in [-0.25, -0.2) is 0 Å². The van der Waals surface area contributed by atoms with Gasteiger partial charge in [0, 0.05) is 12.1 Å². The van der Waals surface area contributed by atoms with Gasteiger partial charge < -0.3 is 14.7 Å². The van der Waals surface area contributed by atoms with Crippen molar-refractivity contribution in [3.8, 4) is 5.75 Å². The smallest absolute Gasteiger partial charge is 0.295 e. The van der Waals surface area contributed by atoms with Gasteiger partial charge in [-0.05, 0) is 52.8 Å². The molecule has 4 rings (SSSR count). The number of hydrogen-bond donors (Lipinski definition) is 1. The number of aliphatic hydroxyl groups is 1. The zero-order valence-corrected chi connectivity index (χ0v) is 20.8. The monoisotopic (exact) mass is 469 g/mol. The fourth-order valence-corrected chi connectivity index (χ4v) is 4.44. The molecule has 3 aromatic carbocycles. The minimum absolute atomic E-state index is 0.115. The van der Waals surface area contributed by atoms with Crippen LogP contribution in [0, 0.1) is 6.92 Å². The second-order valence-electron chi connectivity index (χ2n) is 9.97. The Morgan fingerprint density at radius 1 is 0.971 bits per heavy atom. The third-order valence-electron chi connectivity index (χ3n) is 6.53. The van der Waals surface area contributed by atoms with Crippen LogP contribution in [0.4, 0.5) is 0 Å². The number of carbonyl (C=O) groups excluding carboxylic acids is 2. The second-order valence-corrected chi connectivity index (χ2v) is 9.97. The van der Waals surface area contributed by atoms with Crippen molar-refractivity contribution >= 4 is 17.4 Å². The summed E-state index contributed by atoms with van der Waals surface area (Å²) in [6.45, 7) is 8.41. The van der Waals surface area contributed by atoms with Crippen molar-refractivity contribution in [2.45, 2.75) is 45.7 Å². The summed E-state index contributed by atoms with van der Waals surface area (Å²) in [5, 5.41) is 11.5. The van der Waals surface area contributed by atoms with E-state index < -0.39 is 17.7 Å². The average Bonchev–Trinajstić information content (AvgIpc) is 3.09. The predicted octanol–water partition coefficient (Wildman–Crippen LogP) is 5.92. The Balaban J connectivity index is 1.86. The molecular weight excluding hydrogens is 438 g/mol. The highest BCUT2D eigenvalue weighted by molar-refractivity contribution is 6.46. The van der Waals surface area contributed by atoms with Crippen LogP contribution >= 0.6 is 0 Å². The van der Waals surface area contributed by atoms with E-state index in [1.807, 2.05) is 79.7 Å². The van der Waals surface area contributed by atoms with Crippen LogP contribution in [0.5, 0.6) is 5.75 Å². The zero-order chi connectivity index (χ0) is 25.3. The number of benzene rings is 3. The van der Waals surface area contributed by atoms with Gasteiger partial charge in [-0.15, -0.1) is 0 Å². The van der Waals surface area contributed by atoms with Gasteiger partial charge in [0.25, 0.3) is 11.7 Å². The lowest BCUT2D eigenvalue weighted by molar-refractivity contribution is -0.140. The highest BCUT2D eigenvalue weighted by Gasteiger charge is 2.46. The SMILES string of the molecule is COc1ccc(CN2C(=O)C(=O)/C(=C(/O)c3cc(C(C)(C)C)ccc3C)C2c2ccccc2)cc1. The Morgan fingerprint density at radius 2 is 1.63 bits per heavy atom. The molecular formula is C30H31NO4. The molecule has 0 spiro atoms. The van der Waals surface area contributed by atoms with Crippen LogP contribution in [0.1, 0.15) is 54.6 Å². The van der Waals surface area contributed by atoms with E-state index in [-0.39, 0.29) is 23.3 Å². The molecule has 0 aromatic heterocycles. The summed E-state index contributed by atoms with van der Waals surface area (Å²) in [6, 6.07) is 22.0. The topological polar surface area (TPSA) is 66.8 Å².